The number of carbonyl (C=O) groups excluding carboxylic acids is 1. The summed E-state index contributed by atoms with van der Waals surface area (Å²) in [4.78, 5) is 19.9. The van der Waals surface area contributed by atoms with Gasteiger partial charge in [0.25, 0.3) is 5.91 Å². The minimum absolute atomic E-state index is 0.108. The number of likely N-dealkylation sites (tertiary alicyclic amines) is 1. The number of hydrogen-bond donors (Lipinski definition) is 2. The van der Waals surface area contributed by atoms with Crippen molar-refractivity contribution in [1.82, 2.24) is 15.2 Å². The van der Waals surface area contributed by atoms with E-state index in [1.54, 1.807) is 6.20 Å². The van der Waals surface area contributed by atoms with Crippen LogP contribution in [0.25, 0.3) is 11.1 Å². The maximum atomic E-state index is 12.9. The molecule has 5 rings (SSSR count). The lowest BCUT2D eigenvalue weighted by Crippen LogP contribution is -2.38. The predicted molar refractivity (Wildman–Crippen MR) is 136 cm³/mol. The fourth-order valence-electron chi connectivity index (χ4n) is 6.03. The van der Waals surface area contributed by atoms with E-state index in [4.69, 9.17) is 10.5 Å². The van der Waals surface area contributed by atoms with Crippen LogP contribution in [0.15, 0.2) is 36.5 Å². The number of hydrogen-bond acceptors (Lipinski definition) is 5. The Morgan fingerprint density at radius 1 is 1.03 bits per heavy atom. The molecular formula is C28H38N4O2. The number of amides is 1. The van der Waals surface area contributed by atoms with Gasteiger partial charge >= 0.3 is 0 Å². The lowest BCUT2D eigenvalue weighted by Gasteiger charge is -2.31. The molecule has 2 aromatic rings. The number of nitrogens with zero attached hydrogens (tertiary/aromatic N) is 2. The number of ether oxygens (including phenoxy) is 1. The van der Waals surface area contributed by atoms with Crippen molar-refractivity contribution < 1.29 is 9.53 Å². The van der Waals surface area contributed by atoms with Crippen LogP contribution in [-0.2, 0) is 4.74 Å². The van der Waals surface area contributed by atoms with Crippen molar-refractivity contribution in [3.8, 4) is 11.1 Å². The summed E-state index contributed by atoms with van der Waals surface area (Å²) in [5.74, 6) is 1.38. The zero-order valence-electron chi connectivity index (χ0n) is 20.3. The molecule has 0 radical (unpaired) electrons. The minimum Gasteiger partial charge on any atom is -0.383 e. The van der Waals surface area contributed by atoms with Crippen molar-refractivity contribution in [2.45, 2.75) is 69.9 Å². The third-order valence-corrected chi connectivity index (χ3v) is 8.12. The normalized spacial score (nSPS) is 24.9. The fraction of sp³-hybridized carbons (Fsp3) is 0.571. The van der Waals surface area contributed by atoms with Gasteiger partial charge in [-0.15, -0.1) is 0 Å². The molecule has 2 saturated heterocycles. The third kappa shape index (κ3) is 5.13. The monoisotopic (exact) mass is 462 g/mol. The van der Waals surface area contributed by atoms with Crippen LogP contribution >= 0.6 is 0 Å². The maximum Gasteiger partial charge on any atom is 0.255 e. The molecule has 3 N–H and O–H groups in total. The van der Waals surface area contributed by atoms with Crippen LogP contribution in [0.3, 0.4) is 0 Å². The molecule has 0 bridgehead atoms. The molecule has 1 aliphatic carbocycles. The summed E-state index contributed by atoms with van der Waals surface area (Å²) in [6.07, 6.45) is 9.78. The van der Waals surface area contributed by atoms with Gasteiger partial charge in [-0.25, -0.2) is 4.98 Å². The third-order valence-electron chi connectivity index (χ3n) is 8.12. The van der Waals surface area contributed by atoms with E-state index in [0.717, 1.165) is 56.6 Å². The van der Waals surface area contributed by atoms with Crippen LogP contribution in [0.1, 0.15) is 73.7 Å². The van der Waals surface area contributed by atoms with Crippen molar-refractivity contribution in [1.29, 1.82) is 0 Å². The Balaban J connectivity index is 1.27. The molecule has 2 aliphatic heterocycles. The van der Waals surface area contributed by atoms with Crippen molar-refractivity contribution in [3.63, 3.8) is 0 Å². The molecule has 0 spiro atoms. The summed E-state index contributed by atoms with van der Waals surface area (Å²) in [6, 6.07) is 11.6. The summed E-state index contributed by atoms with van der Waals surface area (Å²) in [6.45, 7) is 6.45. The van der Waals surface area contributed by atoms with Crippen molar-refractivity contribution in [2.75, 3.05) is 32.0 Å². The SMILES string of the molecule is CC1CN(C2CCOCC2)CC1c1ccc(-c2cnc(N)c(C(=O)NC3CCCCC3)c2)cc1. The van der Waals surface area contributed by atoms with Gasteiger partial charge in [0.1, 0.15) is 5.82 Å². The second-order valence-corrected chi connectivity index (χ2v) is 10.5. The number of carbonyl (C=O) groups is 1. The molecule has 6 heteroatoms. The largest absolute Gasteiger partial charge is 0.383 e. The van der Waals surface area contributed by atoms with Crippen molar-refractivity contribution in [2.24, 2.45) is 5.92 Å². The summed E-state index contributed by atoms with van der Waals surface area (Å²) in [5, 5.41) is 3.17. The maximum absolute atomic E-state index is 12.9. The molecule has 3 aliphatic rings. The van der Waals surface area contributed by atoms with E-state index in [2.05, 4.69) is 46.4 Å². The van der Waals surface area contributed by atoms with Gasteiger partial charge in [-0.1, -0.05) is 50.5 Å². The first-order valence-corrected chi connectivity index (χ1v) is 13.1. The Morgan fingerprint density at radius 2 is 1.76 bits per heavy atom. The van der Waals surface area contributed by atoms with E-state index < -0.39 is 0 Å². The fourth-order valence-corrected chi connectivity index (χ4v) is 6.03. The second-order valence-electron chi connectivity index (χ2n) is 10.5. The standard InChI is InChI=1S/C28H38N4O2/c1-19-17-32(24-11-13-34-14-12-24)18-26(19)21-9-7-20(8-10-21)22-15-25(27(29)30-16-22)28(33)31-23-5-3-2-4-6-23/h7-10,15-16,19,23-24,26H,2-6,11-14,17-18H2,1H3,(H2,29,30)(H,31,33). The van der Waals surface area contributed by atoms with E-state index in [1.165, 1.54) is 31.4 Å². The van der Waals surface area contributed by atoms with Gasteiger partial charge in [-0.2, -0.15) is 0 Å². The first kappa shape index (κ1) is 23.3. The molecule has 1 amide bonds. The van der Waals surface area contributed by atoms with Gasteiger partial charge in [0.15, 0.2) is 0 Å². The Labute approximate surface area is 203 Å². The highest BCUT2D eigenvalue weighted by molar-refractivity contribution is 5.99. The summed E-state index contributed by atoms with van der Waals surface area (Å²) in [7, 11) is 0. The first-order chi connectivity index (χ1) is 16.6. The predicted octanol–water partition coefficient (Wildman–Crippen LogP) is 4.61. The van der Waals surface area contributed by atoms with Gasteiger partial charge < -0.3 is 15.8 Å². The molecule has 1 aromatic heterocycles. The summed E-state index contributed by atoms with van der Waals surface area (Å²) in [5.41, 5.74) is 9.95. The van der Waals surface area contributed by atoms with Crippen LogP contribution in [0.4, 0.5) is 5.82 Å². The Hall–Kier alpha value is -2.44. The second kappa shape index (κ2) is 10.4. The minimum atomic E-state index is -0.108. The zero-order chi connectivity index (χ0) is 23.5. The van der Waals surface area contributed by atoms with Crippen LogP contribution in [0.2, 0.25) is 0 Å². The van der Waals surface area contributed by atoms with Crippen molar-refractivity contribution in [3.05, 3.63) is 47.7 Å². The summed E-state index contributed by atoms with van der Waals surface area (Å²) >= 11 is 0. The number of benzene rings is 1. The number of nitrogen functional groups attached to an aromatic ring is 1. The van der Waals surface area contributed by atoms with E-state index >= 15 is 0 Å². The van der Waals surface area contributed by atoms with E-state index in [9.17, 15) is 4.79 Å². The van der Waals surface area contributed by atoms with Crippen LogP contribution in [0, 0.1) is 5.92 Å². The van der Waals surface area contributed by atoms with Gasteiger partial charge in [0, 0.05) is 56.1 Å². The van der Waals surface area contributed by atoms with Gasteiger partial charge in [0.05, 0.1) is 5.56 Å². The first-order valence-electron chi connectivity index (χ1n) is 13.1. The molecule has 2 atom stereocenters. The van der Waals surface area contributed by atoms with Crippen LogP contribution < -0.4 is 11.1 Å². The molecule has 3 heterocycles. The van der Waals surface area contributed by atoms with Crippen LogP contribution in [0.5, 0.6) is 0 Å². The number of nitrogens with two attached hydrogens (primary N) is 1. The highest BCUT2D eigenvalue weighted by Gasteiger charge is 2.35. The number of rotatable bonds is 5. The lowest BCUT2D eigenvalue weighted by molar-refractivity contribution is 0.0411. The highest BCUT2D eigenvalue weighted by Crippen LogP contribution is 2.36. The molecule has 6 nitrogen and oxygen atoms in total. The topological polar surface area (TPSA) is 80.5 Å². The molecular weight excluding hydrogens is 424 g/mol. The van der Waals surface area contributed by atoms with Crippen LogP contribution in [-0.4, -0.2) is 54.2 Å². The molecule has 34 heavy (non-hydrogen) atoms. The Morgan fingerprint density at radius 3 is 2.50 bits per heavy atom. The molecule has 1 saturated carbocycles. The number of pyridine rings is 1. The van der Waals surface area contributed by atoms with E-state index in [1.807, 2.05) is 6.07 Å². The number of nitrogens with one attached hydrogen (secondary N) is 1. The zero-order valence-corrected chi connectivity index (χ0v) is 20.3. The smallest absolute Gasteiger partial charge is 0.255 e. The summed E-state index contributed by atoms with van der Waals surface area (Å²) < 4.78 is 5.56. The van der Waals surface area contributed by atoms with Gasteiger partial charge in [0.2, 0.25) is 0 Å². The van der Waals surface area contributed by atoms with Gasteiger partial charge in [-0.05, 0) is 48.8 Å². The van der Waals surface area contributed by atoms with Gasteiger partial charge in [-0.3, -0.25) is 9.69 Å². The molecule has 1 aromatic carbocycles. The molecule has 2 unspecified atom stereocenters. The van der Waals surface area contributed by atoms with Crippen molar-refractivity contribution >= 4 is 11.7 Å². The van der Waals surface area contributed by atoms with E-state index in [0.29, 0.717) is 29.3 Å². The average Bonchev–Trinajstić information content (AvgIpc) is 3.27. The lowest BCUT2D eigenvalue weighted by atomic mass is 9.89. The quantitative estimate of drug-likeness (QED) is 0.678. The number of anilines is 1. The average molecular weight is 463 g/mol. The molecule has 182 valence electrons. The molecule has 3 fully saturated rings. The number of aromatic nitrogens is 1. The highest BCUT2D eigenvalue weighted by atomic mass is 16.5. The Kier molecular flexibility index (Phi) is 7.16. The van der Waals surface area contributed by atoms with E-state index in [-0.39, 0.29) is 11.9 Å². The Bertz CT molecular complexity index is 980.